The number of carbonyl (C=O) groups is 1. The van der Waals surface area contributed by atoms with E-state index in [4.69, 9.17) is 21.7 Å². The second-order valence-corrected chi connectivity index (χ2v) is 7.30. The molecule has 1 aromatic rings. The van der Waals surface area contributed by atoms with E-state index in [-0.39, 0.29) is 12.0 Å². The summed E-state index contributed by atoms with van der Waals surface area (Å²) in [6.45, 7) is 3.18. The van der Waals surface area contributed by atoms with Gasteiger partial charge in [0.2, 0.25) is 0 Å². The lowest BCUT2D eigenvalue weighted by atomic mass is 10.0. The number of thioether (sulfide) groups is 1. The molecule has 0 aromatic heterocycles. The van der Waals surface area contributed by atoms with E-state index in [2.05, 4.69) is 6.08 Å². The molecular weight excluding hydrogens is 342 g/mol. The van der Waals surface area contributed by atoms with E-state index in [1.807, 2.05) is 37.3 Å². The molecule has 0 saturated carbocycles. The first kappa shape index (κ1) is 17.2. The number of para-hydroxylation sites is 1. The molecule has 1 unspecified atom stereocenters. The van der Waals surface area contributed by atoms with Crippen molar-refractivity contribution in [3.05, 3.63) is 46.4 Å². The fourth-order valence-corrected chi connectivity index (χ4v) is 3.94. The van der Waals surface area contributed by atoms with E-state index in [0.29, 0.717) is 22.4 Å². The van der Waals surface area contributed by atoms with Gasteiger partial charge in [0.05, 0.1) is 4.91 Å². The fraction of sp³-hybridized carbons (Fsp3) is 0.333. The summed E-state index contributed by atoms with van der Waals surface area (Å²) in [5.74, 6) is 0.835. The molecule has 1 fully saturated rings. The Morgan fingerprint density at radius 2 is 2.21 bits per heavy atom. The zero-order chi connectivity index (χ0) is 17.1. The SMILES string of the molecule is COCCCN1C(=O)C(=CC2=Cc3ccccc3OC2C)SC1=S. The Labute approximate surface area is 151 Å². The molecule has 3 rings (SSSR count). The van der Waals surface area contributed by atoms with Gasteiger partial charge in [-0.3, -0.25) is 9.69 Å². The Morgan fingerprint density at radius 3 is 3.00 bits per heavy atom. The topological polar surface area (TPSA) is 38.8 Å². The summed E-state index contributed by atoms with van der Waals surface area (Å²) < 4.78 is 11.6. The van der Waals surface area contributed by atoms with Crippen LogP contribution in [-0.4, -0.2) is 41.5 Å². The lowest BCUT2D eigenvalue weighted by Crippen LogP contribution is -2.29. The van der Waals surface area contributed by atoms with Crippen LogP contribution >= 0.6 is 24.0 Å². The highest BCUT2D eigenvalue weighted by Gasteiger charge is 2.32. The summed E-state index contributed by atoms with van der Waals surface area (Å²) in [6.07, 6.45) is 4.64. The summed E-state index contributed by atoms with van der Waals surface area (Å²) in [5, 5.41) is 0. The van der Waals surface area contributed by atoms with Crippen LogP contribution in [0.15, 0.2) is 40.8 Å². The number of carbonyl (C=O) groups excluding carboxylic acids is 1. The van der Waals surface area contributed by atoms with Crippen molar-refractivity contribution in [2.24, 2.45) is 0 Å². The van der Waals surface area contributed by atoms with Gasteiger partial charge < -0.3 is 9.47 Å². The predicted molar refractivity (Wildman–Crippen MR) is 101 cm³/mol. The van der Waals surface area contributed by atoms with Crippen molar-refractivity contribution in [1.29, 1.82) is 0 Å². The van der Waals surface area contributed by atoms with E-state index < -0.39 is 0 Å². The van der Waals surface area contributed by atoms with Crippen LogP contribution in [0.2, 0.25) is 0 Å². The number of benzene rings is 1. The van der Waals surface area contributed by atoms with Crippen LogP contribution in [-0.2, 0) is 9.53 Å². The van der Waals surface area contributed by atoms with Crippen LogP contribution in [0.4, 0.5) is 0 Å². The van der Waals surface area contributed by atoms with Gasteiger partial charge >= 0.3 is 0 Å². The van der Waals surface area contributed by atoms with Gasteiger partial charge in [0.25, 0.3) is 5.91 Å². The summed E-state index contributed by atoms with van der Waals surface area (Å²) in [4.78, 5) is 14.9. The number of amides is 1. The maximum atomic E-state index is 12.6. The Hall–Kier alpha value is -1.63. The van der Waals surface area contributed by atoms with Gasteiger partial charge in [-0.05, 0) is 37.1 Å². The zero-order valence-corrected chi connectivity index (χ0v) is 15.3. The van der Waals surface area contributed by atoms with Gasteiger partial charge in [-0.1, -0.05) is 42.2 Å². The number of thiocarbonyl (C=S) groups is 1. The van der Waals surface area contributed by atoms with Crippen molar-refractivity contribution >= 4 is 40.3 Å². The molecule has 6 heteroatoms. The number of nitrogens with zero attached hydrogens (tertiary/aromatic N) is 1. The van der Waals surface area contributed by atoms with E-state index in [1.54, 1.807) is 12.0 Å². The highest BCUT2D eigenvalue weighted by molar-refractivity contribution is 8.26. The first-order chi connectivity index (χ1) is 11.6. The van der Waals surface area contributed by atoms with E-state index in [9.17, 15) is 4.79 Å². The first-order valence-electron chi connectivity index (χ1n) is 7.81. The third-order valence-electron chi connectivity index (χ3n) is 3.92. The van der Waals surface area contributed by atoms with Gasteiger partial charge in [0.1, 0.15) is 16.2 Å². The largest absolute Gasteiger partial charge is 0.485 e. The number of hydrogen-bond donors (Lipinski definition) is 0. The quantitative estimate of drug-likeness (QED) is 0.455. The molecule has 2 aliphatic heterocycles. The summed E-state index contributed by atoms with van der Waals surface area (Å²) >= 11 is 6.69. The molecule has 0 radical (unpaired) electrons. The minimum absolute atomic E-state index is 0.0342. The Morgan fingerprint density at radius 1 is 1.42 bits per heavy atom. The van der Waals surface area contributed by atoms with Crippen molar-refractivity contribution in [2.75, 3.05) is 20.3 Å². The third-order valence-corrected chi connectivity index (χ3v) is 5.29. The van der Waals surface area contributed by atoms with Crippen molar-refractivity contribution in [1.82, 2.24) is 4.90 Å². The molecule has 0 N–H and O–H groups in total. The molecule has 0 aliphatic carbocycles. The Kier molecular flexibility index (Phi) is 5.38. The van der Waals surface area contributed by atoms with E-state index >= 15 is 0 Å². The second kappa shape index (κ2) is 7.51. The van der Waals surface area contributed by atoms with Crippen LogP contribution < -0.4 is 4.74 Å². The van der Waals surface area contributed by atoms with Gasteiger partial charge in [0, 0.05) is 25.8 Å². The molecule has 126 valence electrons. The number of rotatable bonds is 5. The lowest BCUT2D eigenvalue weighted by Gasteiger charge is -2.23. The van der Waals surface area contributed by atoms with Crippen LogP contribution in [0, 0.1) is 0 Å². The maximum Gasteiger partial charge on any atom is 0.266 e. The van der Waals surface area contributed by atoms with Gasteiger partial charge in [-0.25, -0.2) is 0 Å². The molecule has 1 aromatic carbocycles. The summed E-state index contributed by atoms with van der Waals surface area (Å²) in [5.41, 5.74) is 2.00. The summed E-state index contributed by atoms with van der Waals surface area (Å²) in [6, 6.07) is 7.89. The zero-order valence-electron chi connectivity index (χ0n) is 13.7. The van der Waals surface area contributed by atoms with Gasteiger partial charge in [0.15, 0.2) is 0 Å². The average Bonchev–Trinajstić information content (AvgIpc) is 2.83. The number of fused-ring (bicyclic) bond motifs is 1. The smallest absolute Gasteiger partial charge is 0.266 e. The van der Waals surface area contributed by atoms with Gasteiger partial charge in [-0.2, -0.15) is 0 Å². The molecule has 0 bridgehead atoms. The van der Waals surface area contributed by atoms with E-state index in [0.717, 1.165) is 23.3 Å². The van der Waals surface area contributed by atoms with Crippen molar-refractivity contribution < 1.29 is 14.3 Å². The Balaban J connectivity index is 1.80. The van der Waals surface area contributed by atoms with Crippen LogP contribution in [0.3, 0.4) is 0 Å². The molecule has 2 aliphatic rings. The molecule has 0 spiro atoms. The molecule has 4 nitrogen and oxygen atoms in total. The monoisotopic (exact) mass is 361 g/mol. The highest BCUT2D eigenvalue weighted by atomic mass is 32.2. The van der Waals surface area contributed by atoms with Gasteiger partial charge in [-0.15, -0.1) is 0 Å². The van der Waals surface area contributed by atoms with Crippen molar-refractivity contribution in [3.8, 4) is 5.75 Å². The van der Waals surface area contributed by atoms with E-state index in [1.165, 1.54) is 11.8 Å². The summed E-state index contributed by atoms with van der Waals surface area (Å²) in [7, 11) is 1.65. The molecular formula is C18H19NO3S2. The lowest BCUT2D eigenvalue weighted by molar-refractivity contribution is -0.122. The molecule has 1 saturated heterocycles. The number of ether oxygens (including phenoxy) is 2. The highest BCUT2D eigenvalue weighted by Crippen LogP contribution is 2.35. The number of hydrogen-bond acceptors (Lipinski definition) is 5. The fourth-order valence-electron chi connectivity index (χ4n) is 2.63. The first-order valence-corrected chi connectivity index (χ1v) is 9.04. The van der Waals surface area contributed by atoms with Crippen LogP contribution in [0.25, 0.3) is 6.08 Å². The minimum atomic E-state index is -0.100. The molecule has 2 heterocycles. The average molecular weight is 361 g/mol. The number of methoxy groups -OCH3 is 1. The Bertz CT molecular complexity index is 727. The second-order valence-electron chi connectivity index (χ2n) is 5.62. The van der Waals surface area contributed by atoms with Crippen LogP contribution in [0.1, 0.15) is 18.9 Å². The molecule has 1 amide bonds. The standard InChI is InChI=1S/C18H19NO3S2/c1-12-14(10-13-6-3-4-7-15(13)22-12)11-16-17(20)19(18(23)24-16)8-5-9-21-2/h3-4,6-7,10-12H,5,8-9H2,1-2H3. The molecule has 1 atom stereocenters. The van der Waals surface area contributed by atoms with Crippen molar-refractivity contribution in [3.63, 3.8) is 0 Å². The predicted octanol–water partition coefficient (Wildman–Crippen LogP) is 3.63. The van der Waals surface area contributed by atoms with Crippen LogP contribution in [0.5, 0.6) is 5.75 Å². The third kappa shape index (κ3) is 3.55. The van der Waals surface area contributed by atoms with Crippen molar-refractivity contribution in [2.45, 2.75) is 19.4 Å². The normalized spacial score (nSPS) is 21.8. The maximum absolute atomic E-state index is 12.6. The molecule has 24 heavy (non-hydrogen) atoms. The minimum Gasteiger partial charge on any atom is -0.485 e.